The van der Waals surface area contributed by atoms with E-state index in [2.05, 4.69) is 22.9 Å². The van der Waals surface area contributed by atoms with Crippen LogP contribution in [0, 0.1) is 13.8 Å². The minimum Gasteiger partial charge on any atom is -0.343 e. The maximum Gasteiger partial charge on any atom is 0.261 e. The highest BCUT2D eigenvalue weighted by molar-refractivity contribution is 6.06. The number of aryl methyl sites for hydroxylation is 2. The van der Waals surface area contributed by atoms with Gasteiger partial charge < -0.3 is 9.88 Å². The third kappa shape index (κ3) is 2.45. The number of carbonyl (C=O) groups excluding carboxylic acids is 1. The zero-order valence-corrected chi connectivity index (χ0v) is 14.6. The first kappa shape index (κ1) is 15.6. The summed E-state index contributed by atoms with van der Waals surface area (Å²) in [5, 5.41) is 3.48. The Labute approximate surface area is 146 Å². The molecule has 1 amide bonds. The van der Waals surface area contributed by atoms with Gasteiger partial charge in [0.25, 0.3) is 5.91 Å². The summed E-state index contributed by atoms with van der Waals surface area (Å²) >= 11 is 0. The molecule has 0 saturated heterocycles. The van der Waals surface area contributed by atoms with Gasteiger partial charge in [-0.1, -0.05) is 18.2 Å². The molecule has 0 fully saturated rings. The molecule has 0 aliphatic carbocycles. The standard InChI is InChI=1S/C21H20N2O2/c1-12-7-8-16(9-13(12)2)22-21(25)18-11-23-14(3)10-15-5-4-6-17(19(15)23)20(18)24/h4-9,11,14H,10H2,1-3H3,(H,22,25)/t14-/m1/s1. The SMILES string of the molecule is Cc1ccc(NC(=O)c2cn3c4c(cccc4c2=O)C[C@H]3C)cc1C. The van der Waals surface area contributed by atoms with Gasteiger partial charge in [-0.25, -0.2) is 0 Å². The van der Waals surface area contributed by atoms with Crippen molar-refractivity contribution < 1.29 is 4.79 Å². The molecule has 25 heavy (non-hydrogen) atoms. The molecule has 2 heterocycles. The zero-order valence-electron chi connectivity index (χ0n) is 14.6. The van der Waals surface area contributed by atoms with E-state index in [-0.39, 0.29) is 22.9 Å². The van der Waals surface area contributed by atoms with Gasteiger partial charge >= 0.3 is 0 Å². The van der Waals surface area contributed by atoms with Crippen LogP contribution in [0.5, 0.6) is 0 Å². The molecular formula is C21H20N2O2. The van der Waals surface area contributed by atoms with Crippen LogP contribution in [0.25, 0.3) is 10.9 Å². The lowest BCUT2D eigenvalue weighted by Crippen LogP contribution is -2.23. The molecule has 4 heteroatoms. The number of para-hydroxylation sites is 1. The summed E-state index contributed by atoms with van der Waals surface area (Å²) in [7, 11) is 0. The Morgan fingerprint density at radius 1 is 1.16 bits per heavy atom. The number of benzene rings is 2. The molecule has 0 bridgehead atoms. The first-order chi connectivity index (χ1) is 12.0. The van der Waals surface area contributed by atoms with Crippen LogP contribution in [0.1, 0.15) is 40.0 Å². The molecule has 4 nitrogen and oxygen atoms in total. The highest BCUT2D eigenvalue weighted by Gasteiger charge is 2.24. The first-order valence-electron chi connectivity index (χ1n) is 8.51. The summed E-state index contributed by atoms with van der Waals surface area (Å²) in [5.74, 6) is -0.358. The molecular weight excluding hydrogens is 312 g/mol. The van der Waals surface area contributed by atoms with Crippen molar-refractivity contribution in [1.29, 1.82) is 0 Å². The number of aromatic nitrogens is 1. The molecule has 0 unspecified atom stereocenters. The van der Waals surface area contributed by atoms with Crippen LogP contribution in [0.2, 0.25) is 0 Å². The zero-order chi connectivity index (χ0) is 17.7. The lowest BCUT2D eigenvalue weighted by atomic mass is 10.1. The van der Waals surface area contributed by atoms with Crippen molar-refractivity contribution >= 4 is 22.5 Å². The van der Waals surface area contributed by atoms with Crippen LogP contribution in [-0.2, 0) is 6.42 Å². The van der Waals surface area contributed by atoms with Crippen LogP contribution in [0.15, 0.2) is 47.4 Å². The average molecular weight is 332 g/mol. The van der Waals surface area contributed by atoms with Gasteiger partial charge in [0.05, 0.1) is 5.52 Å². The number of amides is 1. The van der Waals surface area contributed by atoms with Crippen molar-refractivity contribution in [2.75, 3.05) is 5.32 Å². The van der Waals surface area contributed by atoms with Gasteiger partial charge in [-0.05, 0) is 62.1 Å². The van der Waals surface area contributed by atoms with Crippen LogP contribution in [0.3, 0.4) is 0 Å². The van der Waals surface area contributed by atoms with Gasteiger partial charge in [-0.15, -0.1) is 0 Å². The van der Waals surface area contributed by atoms with E-state index in [0.29, 0.717) is 11.1 Å². The largest absolute Gasteiger partial charge is 0.343 e. The third-order valence-electron chi connectivity index (χ3n) is 5.13. The van der Waals surface area contributed by atoms with E-state index in [0.717, 1.165) is 17.5 Å². The Bertz CT molecular complexity index is 1080. The molecule has 1 aromatic heterocycles. The fraction of sp³-hybridized carbons (Fsp3) is 0.238. The fourth-order valence-corrected chi connectivity index (χ4v) is 3.60. The van der Waals surface area contributed by atoms with Crippen molar-refractivity contribution in [3.05, 3.63) is 75.1 Å². The topological polar surface area (TPSA) is 51.1 Å². The molecule has 1 N–H and O–H groups in total. The number of nitrogens with one attached hydrogen (secondary N) is 1. The second-order valence-electron chi connectivity index (χ2n) is 6.90. The number of rotatable bonds is 2. The monoisotopic (exact) mass is 332 g/mol. The third-order valence-corrected chi connectivity index (χ3v) is 5.13. The predicted molar refractivity (Wildman–Crippen MR) is 100 cm³/mol. The van der Waals surface area contributed by atoms with E-state index in [4.69, 9.17) is 0 Å². The number of hydrogen-bond donors (Lipinski definition) is 1. The van der Waals surface area contributed by atoms with Gasteiger partial charge in [-0.3, -0.25) is 9.59 Å². The highest BCUT2D eigenvalue weighted by Crippen LogP contribution is 2.31. The maximum absolute atomic E-state index is 12.8. The Hall–Kier alpha value is -2.88. The lowest BCUT2D eigenvalue weighted by Gasteiger charge is -2.13. The van der Waals surface area contributed by atoms with Crippen molar-refractivity contribution in [3.63, 3.8) is 0 Å². The Kier molecular flexibility index (Phi) is 3.49. The minimum atomic E-state index is -0.358. The van der Waals surface area contributed by atoms with Gasteiger partial charge in [0.1, 0.15) is 5.56 Å². The van der Waals surface area contributed by atoms with E-state index >= 15 is 0 Å². The maximum atomic E-state index is 12.8. The number of nitrogens with zero attached hydrogens (tertiary/aromatic N) is 1. The number of anilines is 1. The summed E-state index contributed by atoms with van der Waals surface area (Å²) < 4.78 is 2.06. The van der Waals surface area contributed by atoms with Crippen LogP contribution < -0.4 is 10.7 Å². The van der Waals surface area contributed by atoms with Crippen molar-refractivity contribution in [2.45, 2.75) is 33.2 Å². The summed E-state index contributed by atoms with van der Waals surface area (Å²) in [5.41, 5.74) is 5.09. The summed E-state index contributed by atoms with van der Waals surface area (Å²) in [6.45, 7) is 6.13. The van der Waals surface area contributed by atoms with Crippen LogP contribution >= 0.6 is 0 Å². The van der Waals surface area contributed by atoms with Gasteiger partial charge in [0.15, 0.2) is 0 Å². The molecule has 1 atom stereocenters. The van der Waals surface area contributed by atoms with Gasteiger partial charge in [0, 0.05) is 23.3 Å². The minimum absolute atomic E-state index is 0.191. The molecule has 0 radical (unpaired) electrons. The Morgan fingerprint density at radius 2 is 1.96 bits per heavy atom. The van der Waals surface area contributed by atoms with E-state index in [1.807, 2.05) is 44.2 Å². The normalized spacial score (nSPS) is 15.6. The van der Waals surface area contributed by atoms with Gasteiger partial charge in [-0.2, -0.15) is 0 Å². The number of pyridine rings is 1. The fourth-order valence-electron chi connectivity index (χ4n) is 3.60. The number of carbonyl (C=O) groups is 1. The van der Waals surface area contributed by atoms with Crippen LogP contribution in [0.4, 0.5) is 5.69 Å². The van der Waals surface area contributed by atoms with E-state index in [9.17, 15) is 9.59 Å². The van der Waals surface area contributed by atoms with E-state index < -0.39 is 0 Å². The average Bonchev–Trinajstić information content (AvgIpc) is 2.90. The molecule has 1 aliphatic rings. The molecule has 4 rings (SSSR count). The van der Waals surface area contributed by atoms with E-state index in [1.165, 1.54) is 11.1 Å². The Balaban J connectivity index is 1.80. The summed E-state index contributed by atoms with van der Waals surface area (Å²) in [4.78, 5) is 25.6. The highest BCUT2D eigenvalue weighted by atomic mass is 16.2. The molecule has 0 spiro atoms. The quantitative estimate of drug-likeness (QED) is 0.771. The second-order valence-corrected chi connectivity index (χ2v) is 6.90. The Morgan fingerprint density at radius 3 is 2.72 bits per heavy atom. The first-order valence-corrected chi connectivity index (χ1v) is 8.51. The van der Waals surface area contributed by atoms with Crippen LogP contribution in [-0.4, -0.2) is 10.5 Å². The van der Waals surface area contributed by atoms with Crippen molar-refractivity contribution in [3.8, 4) is 0 Å². The van der Waals surface area contributed by atoms with Gasteiger partial charge in [0.2, 0.25) is 5.43 Å². The smallest absolute Gasteiger partial charge is 0.261 e. The second kappa shape index (κ2) is 5.59. The summed E-state index contributed by atoms with van der Waals surface area (Å²) in [6, 6.07) is 11.7. The molecule has 1 aliphatic heterocycles. The number of hydrogen-bond acceptors (Lipinski definition) is 2. The molecule has 3 aromatic rings. The molecule has 0 saturated carbocycles. The molecule has 126 valence electrons. The summed E-state index contributed by atoms with van der Waals surface area (Å²) in [6.07, 6.45) is 2.60. The van der Waals surface area contributed by atoms with Crippen molar-refractivity contribution in [2.24, 2.45) is 0 Å². The predicted octanol–water partition coefficient (Wildman–Crippen LogP) is 3.99. The lowest BCUT2D eigenvalue weighted by molar-refractivity contribution is 0.102. The molecule has 2 aromatic carbocycles. The van der Waals surface area contributed by atoms with E-state index in [1.54, 1.807) is 6.20 Å². The van der Waals surface area contributed by atoms with Crippen molar-refractivity contribution in [1.82, 2.24) is 4.57 Å².